The molecule has 0 radical (unpaired) electrons. The second-order valence-corrected chi connectivity index (χ2v) is 3.24. The van der Waals surface area contributed by atoms with Gasteiger partial charge in [0.1, 0.15) is 0 Å². The number of aryl methyl sites for hydroxylation is 1. The van der Waals surface area contributed by atoms with Crippen LogP contribution in [0.15, 0.2) is 6.20 Å². The van der Waals surface area contributed by atoms with Gasteiger partial charge in [-0.3, -0.25) is 9.48 Å². The molecule has 0 aliphatic rings. The van der Waals surface area contributed by atoms with Gasteiger partial charge in [-0.2, -0.15) is 0 Å². The predicted molar refractivity (Wildman–Crippen MR) is 54.0 cm³/mol. The van der Waals surface area contributed by atoms with Crippen molar-refractivity contribution in [1.82, 2.24) is 20.3 Å². The molecule has 0 amide bonds. The van der Waals surface area contributed by atoms with Gasteiger partial charge in [0.15, 0.2) is 0 Å². The number of rotatable bonds is 6. The second-order valence-electron chi connectivity index (χ2n) is 3.24. The molecule has 6 nitrogen and oxygen atoms in total. The first kappa shape index (κ1) is 11.6. The fraction of sp³-hybridized carbons (Fsp3) is 0.667. The molecule has 0 aliphatic heterocycles. The van der Waals surface area contributed by atoms with Crippen LogP contribution in [0.1, 0.15) is 18.5 Å². The topological polar surface area (TPSA) is 69.0 Å². The van der Waals surface area contributed by atoms with Crippen molar-refractivity contribution in [3.63, 3.8) is 0 Å². The van der Waals surface area contributed by atoms with Crippen LogP contribution < -0.4 is 5.32 Å². The van der Waals surface area contributed by atoms with Gasteiger partial charge in [0.25, 0.3) is 0 Å². The van der Waals surface area contributed by atoms with E-state index in [0.29, 0.717) is 13.0 Å². The molecule has 1 N–H and O–H groups in total. The molecule has 1 heterocycles. The van der Waals surface area contributed by atoms with Crippen LogP contribution in [0.2, 0.25) is 0 Å². The van der Waals surface area contributed by atoms with E-state index in [4.69, 9.17) is 0 Å². The Bertz CT molecular complexity index is 311. The van der Waals surface area contributed by atoms with Gasteiger partial charge in [0, 0.05) is 26.2 Å². The summed E-state index contributed by atoms with van der Waals surface area (Å²) in [6.45, 7) is 1.45. The standard InChI is InChI=1S/C9H16N4O2/c1-13-7-8(11-12-13)6-10-5-3-4-9(14)15-2/h7,10H,3-6H2,1-2H3. The Kier molecular flexibility index (Phi) is 4.76. The van der Waals surface area contributed by atoms with Crippen LogP contribution in [0, 0.1) is 0 Å². The molecule has 0 spiro atoms. The number of methoxy groups -OCH3 is 1. The average Bonchev–Trinajstić information content (AvgIpc) is 2.63. The summed E-state index contributed by atoms with van der Waals surface area (Å²) in [5.74, 6) is -0.170. The lowest BCUT2D eigenvalue weighted by molar-refractivity contribution is -0.140. The van der Waals surface area contributed by atoms with Crippen molar-refractivity contribution in [1.29, 1.82) is 0 Å². The minimum atomic E-state index is -0.170. The van der Waals surface area contributed by atoms with Gasteiger partial charge in [0.05, 0.1) is 12.8 Å². The minimum Gasteiger partial charge on any atom is -0.469 e. The fourth-order valence-corrected chi connectivity index (χ4v) is 1.15. The van der Waals surface area contributed by atoms with E-state index in [9.17, 15) is 4.79 Å². The second kappa shape index (κ2) is 6.13. The van der Waals surface area contributed by atoms with E-state index in [1.165, 1.54) is 7.11 Å². The summed E-state index contributed by atoms with van der Waals surface area (Å²) >= 11 is 0. The first-order valence-corrected chi connectivity index (χ1v) is 4.85. The zero-order chi connectivity index (χ0) is 11.1. The van der Waals surface area contributed by atoms with Gasteiger partial charge >= 0.3 is 5.97 Å². The van der Waals surface area contributed by atoms with Crippen molar-refractivity contribution >= 4 is 5.97 Å². The number of esters is 1. The number of nitrogens with one attached hydrogen (secondary N) is 1. The van der Waals surface area contributed by atoms with Crippen molar-refractivity contribution in [2.45, 2.75) is 19.4 Å². The zero-order valence-corrected chi connectivity index (χ0v) is 9.06. The molecule has 0 aliphatic carbocycles. The molecular weight excluding hydrogens is 196 g/mol. The number of aromatic nitrogens is 3. The molecule has 0 saturated heterocycles. The molecule has 6 heteroatoms. The maximum atomic E-state index is 10.8. The van der Waals surface area contributed by atoms with E-state index in [0.717, 1.165) is 18.7 Å². The van der Waals surface area contributed by atoms with Crippen LogP contribution in [0.4, 0.5) is 0 Å². The van der Waals surface area contributed by atoms with Gasteiger partial charge in [-0.05, 0) is 13.0 Å². The van der Waals surface area contributed by atoms with E-state index in [2.05, 4.69) is 20.4 Å². The van der Waals surface area contributed by atoms with Crippen molar-refractivity contribution < 1.29 is 9.53 Å². The van der Waals surface area contributed by atoms with Crippen LogP contribution >= 0.6 is 0 Å². The zero-order valence-electron chi connectivity index (χ0n) is 9.06. The molecule has 15 heavy (non-hydrogen) atoms. The van der Waals surface area contributed by atoms with Crippen molar-refractivity contribution in [3.8, 4) is 0 Å². The van der Waals surface area contributed by atoms with Crippen LogP contribution in [0.3, 0.4) is 0 Å². The summed E-state index contributed by atoms with van der Waals surface area (Å²) in [7, 11) is 3.23. The van der Waals surface area contributed by atoms with E-state index in [1.54, 1.807) is 4.68 Å². The Labute approximate surface area is 88.6 Å². The predicted octanol–water partition coefficient (Wildman–Crippen LogP) is -0.142. The number of ether oxygens (including phenoxy) is 1. The summed E-state index contributed by atoms with van der Waals surface area (Å²) in [6.07, 6.45) is 3.07. The van der Waals surface area contributed by atoms with Gasteiger partial charge in [-0.25, -0.2) is 0 Å². The number of hydrogen-bond acceptors (Lipinski definition) is 5. The quantitative estimate of drug-likeness (QED) is 0.525. The number of carbonyl (C=O) groups excluding carboxylic acids is 1. The molecule has 0 unspecified atom stereocenters. The molecule has 0 bridgehead atoms. The maximum Gasteiger partial charge on any atom is 0.305 e. The SMILES string of the molecule is COC(=O)CCCNCc1cn(C)nn1. The molecule has 0 aromatic carbocycles. The summed E-state index contributed by atoms with van der Waals surface area (Å²) in [6, 6.07) is 0. The van der Waals surface area contributed by atoms with Gasteiger partial charge in [0.2, 0.25) is 0 Å². The summed E-state index contributed by atoms with van der Waals surface area (Å²) in [5, 5.41) is 10.9. The molecule has 0 saturated carbocycles. The Morgan fingerprint density at radius 2 is 2.47 bits per heavy atom. The summed E-state index contributed by atoms with van der Waals surface area (Å²) in [4.78, 5) is 10.8. The first-order chi connectivity index (χ1) is 7.22. The highest BCUT2D eigenvalue weighted by molar-refractivity contribution is 5.69. The smallest absolute Gasteiger partial charge is 0.305 e. The number of nitrogens with zero attached hydrogens (tertiary/aromatic N) is 3. The molecule has 1 aromatic rings. The van der Waals surface area contributed by atoms with Crippen LogP contribution in [-0.2, 0) is 23.1 Å². The van der Waals surface area contributed by atoms with Crippen LogP contribution in [-0.4, -0.2) is 34.6 Å². The van der Waals surface area contributed by atoms with Crippen molar-refractivity contribution in [3.05, 3.63) is 11.9 Å². The first-order valence-electron chi connectivity index (χ1n) is 4.85. The van der Waals surface area contributed by atoms with Gasteiger partial charge in [-0.1, -0.05) is 5.21 Å². The van der Waals surface area contributed by atoms with Crippen molar-refractivity contribution in [2.24, 2.45) is 7.05 Å². The van der Waals surface area contributed by atoms with Crippen LogP contribution in [0.25, 0.3) is 0 Å². The molecular formula is C9H16N4O2. The third-order valence-corrected chi connectivity index (χ3v) is 1.92. The largest absolute Gasteiger partial charge is 0.469 e. The lowest BCUT2D eigenvalue weighted by Crippen LogP contribution is -2.16. The van der Waals surface area contributed by atoms with Crippen LogP contribution in [0.5, 0.6) is 0 Å². The molecule has 84 valence electrons. The van der Waals surface area contributed by atoms with E-state index >= 15 is 0 Å². The Hall–Kier alpha value is -1.43. The highest BCUT2D eigenvalue weighted by atomic mass is 16.5. The molecule has 1 rings (SSSR count). The Morgan fingerprint density at radius 3 is 3.07 bits per heavy atom. The fourth-order valence-electron chi connectivity index (χ4n) is 1.15. The van der Waals surface area contributed by atoms with Crippen molar-refractivity contribution in [2.75, 3.05) is 13.7 Å². The van der Waals surface area contributed by atoms with Gasteiger partial charge < -0.3 is 10.1 Å². The summed E-state index contributed by atoms with van der Waals surface area (Å²) < 4.78 is 6.18. The normalized spacial score (nSPS) is 10.3. The van der Waals surface area contributed by atoms with Gasteiger partial charge in [-0.15, -0.1) is 5.10 Å². The molecule has 1 aromatic heterocycles. The lowest BCUT2D eigenvalue weighted by atomic mass is 10.3. The Balaban J connectivity index is 2.05. The minimum absolute atomic E-state index is 0.170. The highest BCUT2D eigenvalue weighted by Gasteiger charge is 2.00. The lowest BCUT2D eigenvalue weighted by Gasteiger charge is -2.01. The number of hydrogen-bond donors (Lipinski definition) is 1. The van der Waals surface area contributed by atoms with E-state index < -0.39 is 0 Å². The Morgan fingerprint density at radius 1 is 1.67 bits per heavy atom. The maximum absolute atomic E-state index is 10.8. The molecule has 0 fully saturated rings. The summed E-state index contributed by atoms with van der Waals surface area (Å²) in [5.41, 5.74) is 0.899. The number of carbonyl (C=O) groups is 1. The highest BCUT2D eigenvalue weighted by Crippen LogP contribution is 1.92. The molecule has 0 atom stereocenters. The monoisotopic (exact) mass is 212 g/mol. The van der Waals surface area contributed by atoms with E-state index in [1.807, 2.05) is 13.2 Å². The third kappa shape index (κ3) is 4.55. The average molecular weight is 212 g/mol. The van der Waals surface area contributed by atoms with E-state index in [-0.39, 0.29) is 5.97 Å². The third-order valence-electron chi connectivity index (χ3n) is 1.92.